The van der Waals surface area contributed by atoms with Gasteiger partial charge in [-0.15, -0.1) is 5.48 Å². The zero-order valence-corrected chi connectivity index (χ0v) is 10.1. The smallest absolute Gasteiger partial charge is 0.423 e. The summed E-state index contributed by atoms with van der Waals surface area (Å²) in [6.45, 7) is 0.192. The number of amides is 1. The summed E-state index contributed by atoms with van der Waals surface area (Å²) < 4.78 is 5.12. The molecule has 16 heavy (non-hydrogen) atoms. The van der Waals surface area contributed by atoms with Crippen LogP contribution in [0.15, 0.2) is 0 Å². The van der Waals surface area contributed by atoms with Crippen LogP contribution in [0.3, 0.4) is 0 Å². The molecule has 3 N–H and O–H groups in total. The van der Waals surface area contributed by atoms with Gasteiger partial charge in [-0.1, -0.05) is 24.0 Å². The van der Waals surface area contributed by atoms with Crippen molar-refractivity contribution in [3.05, 3.63) is 0 Å². The summed E-state index contributed by atoms with van der Waals surface area (Å²) in [5.41, 5.74) is 2.46. The molecule has 9 heteroatoms. The summed E-state index contributed by atoms with van der Waals surface area (Å²) in [6, 6.07) is 0. The molecule has 0 saturated carbocycles. The van der Waals surface area contributed by atoms with Crippen LogP contribution >= 0.6 is 24.0 Å². The van der Waals surface area contributed by atoms with Gasteiger partial charge >= 0.3 is 6.16 Å². The van der Waals surface area contributed by atoms with Gasteiger partial charge in [0.25, 0.3) is 5.91 Å². The molecule has 90 valence electrons. The topological polar surface area (TPSA) is 88.7 Å². The molecule has 7 nitrogen and oxygen atoms in total. The quantitative estimate of drug-likeness (QED) is 0.351. The Labute approximate surface area is 102 Å². The first-order valence-electron chi connectivity index (χ1n) is 4.36. The summed E-state index contributed by atoms with van der Waals surface area (Å²) >= 11 is 6.20. The van der Waals surface area contributed by atoms with E-state index in [0.29, 0.717) is 10.9 Å². The molecule has 0 aromatic carbocycles. The van der Waals surface area contributed by atoms with Crippen LogP contribution in [-0.4, -0.2) is 42.0 Å². The molecule has 1 rings (SSSR count). The maximum Gasteiger partial charge on any atom is 0.528 e. The monoisotopic (exact) mass is 265 g/mol. The highest BCUT2D eigenvalue weighted by molar-refractivity contribution is 8.23. The van der Waals surface area contributed by atoms with Crippen molar-refractivity contribution >= 4 is 40.4 Å². The third-order valence-corrected chi connectivity index (χ3v) is 2.89. The largest absolute Gasteiger partial charge is 0.528 e. The van der Waals surface area contributed by atoms with Crippen LogP contribution in [0, 0.1) is 0 Å². The zero-order chi connectivity index (χ0) is 12.0. The highest BCUT2D eigenvalue weighted by Gasteiger charge is 2.21. The highest BCUT2D eigenvalue weighted by atomic mass is 32.2. The van der Waals surface area contributed by atoms with Crippen LogP contribution < -0.4 is 16.1 Å². The fraction of sp³-hybridized carbons (Fsp3) is 0.571. The van der Waals surface area contributed by atoms with Crippen LogP contribution in [0.2, 0.25) is 0 Å². The van der Waals surface area contributed by atoms with Crippen molar-refractivity contribution < 1.29 is 19.2 Å². The van der Waals surface area contributed by atoms with E-state index >= 15 is 0 Å². The average Bonchev–Trinajstić information content (AvgIpc) is 2.69. The molecule has 0 aromatic heterocycles. The Hall–Kier alpha value is -1.06. The van der Waals surface area contributed by atoms with E-state index in [2.05, 4.69) is 25.7 Å². The van der Waals surface area contributed by atoms with Crippen molar-refractivity contribution in [3.8, 4) is 0 Å². The molecule has 0 aliphatic carbocycles. The number of likely N-dealkylation sites (N-methyl/N-ethyl adjacent to an activating group) is 1. The van der Waals surface area contributed by atoms with Crippen molar-refractivity contribution in [2.75, 3.05) is 20.2 Å². The second kappa shape index (κ2) is 6.51. The lowest BCUT2D eigenvalue weighted by Crippen LogP contribution is -2.33. The average molecular weight is 265 g/mol. The second-order valence-corrected chi connectivity index (χ2v) is 4.59. The lowest BCUT2D eigenvalue weighted by molar-refractivity contribution is -0.124. The van der Waals surface area contributed by atoms with Crippen molar-refractivity contribution in [1.82, 2.24) is 16.1 Å². The van der Waals surface area contributed by atoms with E-state index in [1.807, 2.05) is 0 Å². The zero-order valence-electron chi connectivity index (χ0n) is 8.44. The maximum absolute atomic E-state index is 11.0. The molecule has 0 bridgehead atoms. The molecular formula is C7H11N3O4S2. The van der Waals surface area contributed by atoms with E-state index in [9.17, 15) is 9.59 Å². The maximum atomic E-state index is 11.0. The standard InChI is InChI=1S/C7H11N3O4S2/c1-8-4(11)3-13-7(12)14-10-5-2-9-6(15)16-5/h5,10H,2-3H2,1H3,(H,8,11)(H,9,15). The van der Waals surface area contributed by atoms with Crippen molar-refractivity contribution in [3.63, 3.8) is 0 Å². The predicted octanol–water partition coefficient (Wildman–Crippen LogP) is -0.662. The molecule has 0 spiro atoms. The van der Waals surface area contributed by atoms with E-state index < -0.39 is 12.1 Å². The van der Waals surface area contributed by atoms with Gasteiger partial charge in [-0.25, -0.2) is 4.79 Å². The minimum atomic E-state index is -0.956. The minimum absolute atomic E-state index is 0.139. The number of thiocarbonyl (C=S) groups is 1. The Morgan fingerprint density at radius 3 is 3.00 bits per heavy atom. The van der Waals surface area contributed by atoms with Crippen molar-refractivity contribution in [2.24, 2.45) is 0 Å². The molecule has 1 heterocycles. The van der Waals surface area contributed by atoms with Crippen LogP contribution in [0.5, 0.6) is 0 Å². The molecule has 1 atom stereocenters. The lowest BCUT2D eigenvalue weighted by Gasteiger charge is -2.09. The van der Waals surface area contributed by atoms with Gasteiger partial charge in [0.05, 0.1) is 0 Å². The summed E-state index contributed by atoms with van der Waals surface area (Å²) in [5.74, 6) is -0.407. The number of rotatable bonds is 4. The van der Waals surface area contributed by atoms with Crippen LogP contribution in [-0.2, 0) is 14.4 Å². The van der Waals surface area contributed by atoms with Gasteiger partial charge in [0.1, 0.15) is 9.69 Å². The van der Waals surface area contributed by atoms with Gasteiger partial charge in [0, 0.05) is 13.6 Å². The van der Waals surface area contributed by atoms with Crippen LogP contribution in [0.4, 0.5) is 4.79 Å². The van der Waals surface area contributed by atoms with E-state index in [0.717, 1.165) is 0 Å². The fourth-order valence-electron chi connectivity index (χ4n) is 0.794. The molecular weight excluding hydrogens is 254 g/mol. The van der Waals surface area contributed by atoms with Gasteiger partial charge in [-0.05, 0) is 0 Å². The Morgan fingerprint density at radius 2 is 2.44 bits per heavy atom. The summed E-state index contributed by atoms with van der Waals surface area (Å²) in [6.07, 6.45) is -0.956. The van der Waals surface area contributed by atoms with Gasteiger partial charge < -0.3 is 20.2 Å². The summed E-state index contributed by atoms with van der Waals surface area (Å²) in [7, 11) is 1.44. The Morgan fingerprint density at radius 1 is 1.69 bits per heavy atom. The third kappa shape index (κ3) is 4.64. The minimum Gasteiger partial charge on any atom is -0.423 e. The third-order valence-electron chi connectivity index (χ3n) is 1.55. The number of carbonyl (C=O) groups is 2. The number of thioether (sulfide) groups is 1. The molecule has 1 fully saturated rings. The van der Waals surface area contributed by atoms with E-state index in [1.165, 1.54) is 18.8 Å². The molecule has 1 aliphatic heterocycles. The molecule has 1 amide bonds. The van der Waals surface area contributed by atoms with Crippen molar-refractivity contribution in [1.29, 1.82) is 0 Å². The molecule has 1 saturated heterocycles. The first-order valence-corrected chi connectivity index (χ1v) is 5.65. The predicted molar refractivity (Wildman–Crippen MR) is 61.6 cm³/mol. The van der Waals surface area contributed by atoms with Crippen LogP contribution in [0.1, 0.15) is 0 Å². The molecule has 1 aliphatic rings. The first-order chi connectivity index (χ1) is 7.61. The summed E-state index contributed by atoms with van der Waals surface area (Å²) in [4.78, 5) is 26.2. The number of nitrogens with one attached hydrogen (secondary N) is 3. The Bertz CT molecular complexity index is 299. The second-order valence-electron chi connectivity index (χ2n) is 2.71. The van der Waals surface area contributed by atoms with Gasteiger partial charge in [-0.2, -0.15) is 0 Å². The SMILES string of the molecule is CNC(=O)COC(=O)ONC1CNC(=S)S1. The van der Waals surface area contributed by atoms with E-state index in [1.54, 1.807) is 0 Å². The summed E-state index contributed by atoms with van der Waals surface area (Å²) in [5, 5.41) is 5.05. The highest BCUT2D eigenvalue weighted by Crippen LogP contribution is 2.14. The number of carbonyl (C=O) groups excluding carboxylic acids is 2. The van der Waals surface area contributed by atoms with Crippen molar-refractivity contribution in [2.45, 2.75) is 5.37 Å². The fourth-order valence-corrected chi connectivity index (χ4v) is 1.91. The van der Waals surface area contributed by atoms with Gasteiger partial charge in [0.2, 0.25) is 0 Å². The Kier molecular flexibility index (Phi) is 5.29. The van der Waals surface area contributed by atoms with Gasteiger partial charge in [-0.3, -0.25) is 4.79 Å². The number of ether oxygens (including phenoxy) is 1. The number of hydrogen-bond donors (Lipinski definition) is 3. The molecule has 0 radical (unpaired) electrons. The number of hydrogen-bond acceptors (Lipinski definition) is 7. The first kappa shape index (κ1) is 13.0. The Balaban J connectivity index is 2.10. The van der Waals surface area contributed by atoms with E-state index in [-0.39, 0.29) is 12.0 Å². The molecule has 1 unspecified atom stereocenters. The normalized spacial score (nSPS) is 18.8. The number of hydroxylamine groups is 1. The van der Waals surface area contributed by atoms with E-state index in [4.69, 9.17) is 12.2 Å². The van der Waals surface area contributed by atoms with Crippen LogP contribution in [0.25, 0.3) is 0 Å². The van der Waals surface area contributed by atoms with Gasteiger partial charge in [0.15, 0.2) is 6.61 Å². The lowest BCUT2D eigenvalue weighted by atomic mass is 10.6. The molecule has 0 aromatic rings.